The van der Waals surface area contributed by atoms with E-state index in [1.54, 1.807) is 0 Å². The van der Waals surface area contributed by atoms with E-state index in [0.717, 1.165) is 10.6 Å². The van der Waals surface area contributed by atoms with Crippen molar-refractivity contribution in [1.82, 2.24) is 4.98 Å². The smallest absolute Gasteiger partial charge is 0.215 e. The summed E-state index contributed by atoms with van der Waals surface area (Å²) in [6, 6.07) is 0. The number of sulfonamides is 1. The van der Waals surface area contributed by atoms with Gasteiger partial charge >= 0.3 is 0 Å². The molecule has 0 unspecified atom stereocenters. The van der Waals surface area contributed by atoms with Crippen molar-refractivity contribution in [2.24, 2.45) is 5.14 Å². The highest BCUT2D eigenvalue weighted by Crippen LogP contribution is 2.31. The molecular weight excluding hydrogens is 232 g/mol. The van der Waals surface area contributed by atoms with Crippen LogP contribution in [0.25, 0.3) is 0 Å². The van der Waals surface area contributed by atoms with Crippen molar-refractivity contribution in [3.8, 4) is 0 Å². The van der Waals surface area contributed by atoms with E-state index in [0.29, 0.717) is 5.01 Å². The highest BCUT2D eigenvalue weighted by molar-refractivity contribution is 7.88. The van der Waals surface area contributed by atoms with Crippen molar-refractivity contribution in [2.75, 3.05) is 0 Å². The van der Waals surface area contributed by atoms with E-state index in [1.807, 2.05) is 6.92 Å². The molecule has 0 radical (unpaired) electrons. The molecule has 0 spiro atoms. The number of nitrogens with zero attached hydrogens (tertiary/aromatic N) is 1. The minimum atomic E-state index is -3.48. The molecule has 1 rings (SSSR count). The molecular formula is C9H16N2O2S2. The summed E-state index contributed by atoms with van der Waals surface area (Å²) in [5.41, 5.74) is 0.893. The normalized spacial score (nSPS) is 13.1. The first-order valence-electron chi connectivity index (χ1n) is 4.57. The summed E-state index contributed by atoms with van der Waals surface area (Å²) in [6.07, 6.45) is 0. The van der Waals surface area contributed by atoms with E-state index < -0.39 is 10.0 Å². The van der Waals surface area contributed by atoms with Gasteiger partial charge in [0.05, 0.1) is 5.69 Å². The Morgan fingerprint density at radius 3 is 2.27 bits per heavy atom. The molecule has 0 aromatic carbocycles. The molecule has 15 heavy (non-hydrogen) atoms. The number of aryl methyl sites for hydroxylation is 1. The maximum Gasteiger partial charge on any atom is 0.215 e. The van der Waals surface area contributed by atoms with Crippen molar-refractivity contribution in [3.63, 3.8) is 0 Å². The molecule has 0 aliphatic rings. The standard InChI is InChI=1S/C9H16N2O2S2/c1-6-8(9(2,3)4)14-7(11-6)5-15(10,12)13/h5H2,1-4H3,(H2,10,12,13). The van der Waals surface area contributed by atoms with Crippen LogP contribution in [0, 0.1) is 6.92 Å². The van der Waals surface area contributed by atoms with Crippen LogP contribution in [0.15, 0.2) is 0 Å². The van der Waals surface area contributed by atoms with Gasteiger partial charge in [-0.1, -0.05) is 20.8 Å². The molecule has 0 amide bonds. The molecule has 2 N–H and O–H groups in total. The van der Waals surface area contributed by atoms with Crippen LogP contribution < -0.4 is 5.14 Å². The van der Waals surface area contributed by atoms with E-state index in [9.17, 15) is 8.42 Å². The quantitative estimate of drug-likeness (QED) is 0.862. The molecule has 0 bridgehead atoms. The second-order valence-corrected chi connectivity index (χ2v) is 7.28. The maximum absolute atomic E-state index is 10.9. The van der Waals surface area contributed by atoms with Crippen LogP contribution in [0.4, 0.5) is 0 Å². The fraction of sp³-hybridized carbons (Fsp3) is 0.667. The van der Waals surface area contributed by atoms with E-state index in [4.69, 9.17) is 5.14 Å². The molecule has 4 nitrogen and oxygen atoms in total. The van der Waals surface area contributed by atoms with Gasteiger partial charge in [0.1, 0.15) is 10.8 Å². The minimum Gasteiger partial charge on any atom is -0.245 e. The lowest BCUT2D eigenvalue weighted by Gasteiger charge is -2.16. The first kappa shape index (κ1) is 12.6. The van der Waals surface area contributed by atoms with Gasteiger partial charge in [-0.05, 0) is 12.3 Å². The van der Waals surface area contributed by atoms with Gasteiger partial charge in [-0.15, -0.1) is 11.3 Å². The van der Waals surface area contributed by atoms with E-state index in [-0.39, 0.29) is 11.2 Å². The number of aromatic nitrogens is 1. The predicted molar refractivity (Wildman–Crippen MR) is 62.4 cm³/mol. The molecule has 0 atom stereocenters. The topological polar surface area (TPSA) is 73.0 Å². The summed E-state index contributed by atoms with van der Waals surface area (Å²) in [5, 5.41) is 5.54. The first-order valence-corrected chi connectivity index (χ1v) is 7.10. The first-order chi connectivity index (χ1) is 6.59. The van der Waals surface area contributed by atoms with E-state index in [1.165, 1.54) is 11.3 Å². The van der Waals surface area contributed by atoms with Gasteiger partial charge in [-0.2, -0.15) is 0 Å². The van der Waals surface area contributed by atoms with Gasteiger partial charge in [0.15, 0.2) is 0 Å². The van der Waals surface area contributed by atoms with Gasteiger partial charge in [0.25, 0.3) is 0 Å². The van der Waals surface area contributed by atoms with Gasteiger partial charge < -0.3 is 0 Å². The summed E-state index contributed by atoms with van der Waals surface area (Å²) >= 11 is 1.42. The Balaban J connectivity index is 3.07. The SMILES string of the molecule is Cc1nc(CS(N)(=O)=O)sc1C(C)(C)C. The van der Waals surface area contributed by atoms with Crippen molar-refractivity contribution in [2.45, 2.75) is 38.9 Å². The monoisotopic (exact) mass is 248 g/mol. The van der Waals surface area contributed by atoms with Gasteiger partial charge in [-0.3, -0.25) is 0 Å². The zero-order chi connectivity index (χ0) is 11.9. The third kappa shape index (κ3) is 3.55. The zero-order valence-corrected chi connectivity index (χ0v) is 11.0. The Bertz CT molecular complexity index is 455. The Kier molecular flexibility index (Phi) is 3.23. The number of rotatable bonds is 2. The predicted octanol–water partition coefficient (Wildman–Crippen LogP) is 1.54. The van der Waals surface area contributed by atoms with Gasteiger partial charge in [0.2, 0.25) is 10.0 Å². The van der Waals surface area contributed by atoms with Crippen LogP contribution in [0.2, 0.25) is 0 Å². The van der Waals surface area contributed by atoms with Crippen LogP contribution in [0.3, 0.4) is 0 Å². The molecule has 1 heterocycles. The molecule has 86 valence electrons. The Morgan fingerprint density at radius 1 is 1.40 bits per heavy atom. The average Bonchev–Trinajstić information content (AvgIpc) is 2.25. The summed E-state index contributed by atoms with van der Waals surface area (Å²) < 4.78 is 21.8. The highest BCUT2D eigenvalue weighted by atomic mass is 32.2. The fourth-order valence-corrected chi connectivity index (χ4v) is 3.44. The second-order valence-electron chi connectivity index (χ2n) is 4.58. The van der Waals surface area contributed by atoms with Gasteiger partial charge in [-0.25, -0.2) is 18.5 Å². The van der Waals surface area contributed by atoms with Crippen molar-refractivity contribution < 1.29 is 8.42 Å². The zero-order valence-electron chi connectivity index (χ0n) is 9.36. The lowest BCUT2D eigenvalue weighted by atomic mass is 9.94. The molecule has 0 saturated heterocycles. The molecule has 6 heteroatoms. The fourth-order valence-electron chi connectivity index (χ4n) is 1.38. The summed E-state index contributed by atoms with van der Waals surface area (Å²) in [6.45, 7) is 8.13. The summed E-state index contributed by atoms with van der Waals surface area (Å²) in [4.78, 5) is 5.33. The number of hydrogen-bond acceptors (Lipinski definition) is 4. The van der Waals surface area contributed by atoms with Crippen LogP contribution >= 0.6 is 11.3 Å². The van der Waals surface area contributed by atoms with Crippen LogP contribution in [0.1, 0.15) is 36.3 Å². The Morgan fingerprint density at radius 2 is 1.93 bits per heavy atom. The molecule has 1 aromatic heterocycles. The summed E-state index contributed by atoms with van der Waals surface area (Å²) in [5.74, 6) is -0.172. The highest BCUT2D eigenvalue weighted by Gasteiger charge is 2.21. The lowest BCUT2D eigenvalue weighted by Crippen LogP contribution is -2.14. The second kappa shape index (κ2) is 3.84. The lowest BCUT2D eigenvalue weighted by molar-refractivity contribution is 0.597. The molecule has 1 aromatic rings. The number of primary sulfonamides is 1. The third-order valence-corrected chi connectivity index (χ3v) is 4.29. The average molecular weight is 248 g/mol. The molecule has 0 aliphatic carbocycles. The number of nitrogens with two attached hydrogens (primary N) is 1. The van der Waals surface area contributed by atoms with Gasteiger partial charge in [0, 0.05) is 4.88 Å². The van der Waals surface area contributed by atoms with Crippen LogP contribution in [-0.4, -0.2) is 13.4 Å². The Hall–Kier alpha value is -0.460. The molecule has 0 saturated carbocycles. The van der Waals surface area contributed by atoms with Crippen molar-refractivity contribution in [3.05, 3.63) is 15.6 Å². The van der Waals surface area contributed by atoms with Crippen LogP contribution in [-0.2, 0) is 21.2 Å². The maximum atomic E-state index is 10.9. The van der Waals surface area contributed by atoms with Crippen LogP contribution in [0.5, 0.6) is 0 Å². The van der Waals surface area contributed by atoms with E-state index in [2.05, 4.69) is 25.8 Å². The molecule has 0 fully saturated rings. The Labute approximate surface area is 94.6 Å². The van der Waals surface area contributed by atoms with E-state index >= 15 is 0 Å². The number of hydrogen-bond donors (Lipinski definition) is 1. The third-order valence-electron chi connectivity index (χ3n) is 1.85. The molecule has 0 aliphatic heterocycles. The minimum absolute atomic E-state index is 0.00163. The van der Waals surface area contributed by atoms with Crippen molar-refractivity contribution >= 4 is 21.4 Å². The van der Waals surface area contributed by atoms with Crippen molar-refractivity contribution in [1.29, 1.82) is 0 Å². The largest absolute Gasteiger partial charge is 0.245 e. The summed E-state index contributed by atoms with van der Waals surface area (Å²) in [7, 11) is -3.48. The number of thiazole rings is 1.